The first kappa shape index (κ1) is 23.3. The van der Waals surface area contributed by atoms with E-state index in [9.17, 15) is 4.79 Å². The lowest BCUT2D eigenvalue weighted by Crippen LogP contribution is -2.40. The van der Waals surface area contributed by atoms with Gasteiger partial charge in [-0.05, 0) is 36.8 Å². The van der Waals surface area contributed by atoms with Crippen molar-refractivity contribution in [3.8, 4) is 16.9 Å². The summed E-state index contributed by atoms with van der Waals surface area (Å²) in [6.45, 7) is 7.05. The van der Waals surface area contributed by atoms with E-state index in [1.807, 2.05) is 46.9 Å². The molecular formula is C26H28N8O3. The molecule has 6 rings (SSSR count). The highest BCUT2D eigenvalue weighted by Crippen LogP contribution is 2.31. The molecule has 0 radical (unpaired) electrons. The second kappa shape index (κ2) is 9.75. The van der Waals surface area contributed by atoms with E-state index in [2.05, 4.69) is 14.9 Å². The summed E-state index contributed by atoms with van der Waals surface area (Å²) in [6, 6.07) is 7.80. The van der Waals surface area contributed by atoms with Crippen molar-refractivity contribution >= 4 is 28.8 Å². The first-order valence-electron chi connectivity index (χ1n) is 12.4. The molecule has 11 nitrogen and oxygen atoms in total. The highest BCUT2D eigenvalue weighted by atomic mass is 16.5. The summed E-state index contributed by atoms with van der Waals surface area (Å²) < 4.78 is 13.0. The maximum atomic E-state index is 13.0. The SMILES string of the molecule is Cc1cc(C(=O)N2CCOCC2)ccc1-n1ccc2c(-c3cnc(N)nc3)nc(N3CCOCC3)nc21. The number of rotatable bonds is 4. The summed E-state index contributed by atoms with van der Waals surface area (Å²) in [5.41, 5.74) is 10.6. The average Bonchev–Trinajstić information content (AvgIpc) is 3.37. The van der Waals surface area contributed by atoms with Crippen LogP contribution in [0.2, 0.25) is 0 Å². The highest BCUT2D eigenvalue weighted by Gasteiger charge is 2.22. The Kier molecular flexibility index (Phi) is 6.15. The van der Waals surface area contributed by atoms with Crippen LogP contribution in [0, 0.1) is 6.92 Å². The maximum absolute atomic E-state index is 13.0. The molecule has 3 aromatic heterocycles. The van der Waals surface area contributed by atoms with Crippen molar-refractivity contribution in [3.63, 3.8) is 0 Å². The molecule has 190 valence electrons. The van der Waals surface area contributed by atoms with E-state index < -0.39 is 0 Å². The molecule has 37 heavy (non-hydrogen) atoms. The Labute approximate surface area is 213 Å². The molecule has 0 spiro atoms. The number of carbonyl (C=O) groups excluding carboxylic acids is 1. The second-order valence-corrected chi connectivity index (χ2v) is 9.13. The zero-order chi connectivity index (χ0) is 25.4. The van der Waals surface area contributed by atoms with Gasteiger partial charge < -0.3 is 29.6 Å². The van der Waals surface area contributed by atoms with E-state index in [4.69, 9.17) is 25.2 Å². The number of nitrogens with two attached hydrogens (primary N) is 1. The fourth-order valence-electron chi connectivity index (χ4n) is 4.79. The molecule has 0 atom stereocenters. The first-order valence-corrected chi connectivity index (χ1v) is 12.4. The number of aromatic nitrogens is 5. The molecule has 5 heterocycles. The van der Waals surface area contributed by atoms with Crippen LogP contribution in [0.15, 0.2) is 42.9 Å². The number of benzene rings is 1. The van der Waals surface area contributed by atoms with Crippen LogP contribution in [0.3, 0.4) is 0 Å². The molecule has 2 N–H and O–H groups in total. The molecule has 11 heteroatoms. The summed E-state index contributed by atoms with van der Waals surface area (Å²) in [5.74, 6) is 0.861. The van der Waals surface area contributed by atoms with Crippen molar-refractivity contribution in [2.75, 3.05) is 63.2 Å². The van der Waals surface area contributed by atoms with Crippen molar-refractivity contribution in [2.24, 2.45) is 0 Å². The normalized spacial score (nSPS) is 16.4. The van der Waals surface area contributed by atoms with Crippen molar-refractivity contribution in [1.29, 1.82) is 0 Å². The van der Waals surface area contributed by atoms with Crippen LogP contribution in [-0.4, -0.2) is 87.9 Å². The molecule has 1 amide bonds. The Bertz CT molecular complexity index is 1440. The summed E-state index contributed by atoms with van der Waals surface area (Å²) in [5, 5.41) is 0.873. The summed E-state index contributed by atoms with van der Waals surface area (Å²) in [7, 11) is 0. The molecule has 1 aromatic carbocycles. The smallest absolute Gasteiger partial charge is 0.254 e. The monoisotopic (exact) mass is 500 g/mol. The van der Waals surface area contributed by atoms with E-state index >= 15 is 0 Å². The number of fused-ring (bicyclic) bond motifs is 1. The van der Waals surface area contributed by atoms with Crippen LogP contribution in [-0.2, 0) is 9.47 Å². The van der Waals surface area contributed by atoms with Crippen molar-refractivity contribution < 1.29 is 14.3 Å². The molecule has 0 unspecified atom stereocenters. The fraction of sp³-hybridized carbons (Fsp3) is 0.346. The maximum Gasteiger partial charge on any atom is 0.254 e. The molecule has 2 aliphatic rings. The lowest BCUT2D eigenvalue weighted by molar-refractivity contribution is 0.0303. The number of nitrogens with zero attached hydrogens (tertiary/aromatic N) is 7. The molecular weight excluding hydrogens is 472 g/mol. The Balaban J connectivity index is 1.43. The van der Waals surface area contributed by atoms with Gasteiger partial charge in [-0.25, -0.2) is 15.0 Å². The third-order valence-electron chi connectivity index (χ3n) is 6.77. The standard InChI is InChI=1S/C26H28N8O3/c1-17-14-18(24(35)32-6-10-36-11-7-32)2-3-21(17)34-5-4-20-22(19-15-28-25(27)29-16-19)30-26(31-23(20)34)33-8-12-37-13-9-33/h2-5,14-16H,6-13H2,1H3,(H2,27,28,29). The van der Waals surface area contributed by atoms with Gasteiger partial charge in [0.25, 0.3) is 5.91 Å². The lowest BCUT2D eigenvalue weighted by atomic mass is 10.1. The summed E-state index contributed by atoms with van der Waals surface area (Å²) in [6.07, 6.45) is 5.35. The minimum absolute atomic E-state index is 0.0258. The minimum Gasteiger partial charge on any atom is -0.378 e. The number of hydrogen-bond donors (Lipinski definition) is 1. The topological polar surface area (TPSA) is 125 Å². The lowest BCUT2D eigenvalue weighted by Gasteiger charge is -2.27. The second-order valence-electron chi connectivity index (χ2n) is 9.13. The van der Waals surface area contributed by atoms with Gasteiger partial charge in [-0.2, -0.15) is 4.98 Å². The Morgan fingerprint density at radius 3 is 2.35 bits per heavy atom. The quantitative estimate of drug-likeness (QED) is 0.448. The third kappa shape index (κ3) is 4.47. The van der Waals surface area contributed by atoms with Crippen LogP contribution < -0.4 is 10.6 Å². The van der Waals surface area contributed by atoms with E-state index in [0.717, 1.165) is 33.5 Å². The molecule has 2 aliphatic heterocycles. The van der Waals surface area contributed by atoms with Gasteiger partial charge in [0.05, 0.1) is 32.1 Å². The Morgan fingerprint density at radius 2 is 1.65 bits per heavy atom. The van der Waals surface area contributed by atoms with E-state index in [0.29, 0.717) is 64.1 Å². The minimum atomic E-state index is 0.0258. The largest absolute Gasteiger partial charge is 0.378 e. The summed E-state index contributed by atoms with van der Waals surface area (Å²) >= 11 is 0. The molecule has 0 saturated carbocycles. The average molecular weight is 501 g/mol. The van der Waals surface area contributed by atoms with E-state index in [-0.39, 0.29) is 11.9 Å². The van der Waals surface area contributed by atoms with Crippen molar-refractivity contribution in [3.05, 3.63) is 54.0 Å². The van der Waals surface area contributed by atoms with Gasteiger partial charge in [-0.15, -0.1) is 0 Å². The molecule has 2 fully saturated rings. The first-order chi connectivity index (χ1) is 18.1. The van der Waals surface area contributed by atoms with Gasteiger partial charge in [-0.3, -0.25) is 4.79 Å². The Morgan fingerprint density at radius 1 is 0.946 bits per heavy atom. The van der Waals surface area contributed by atoms with Gasteiger partial charge >= 0.3 is 0 Å². The highest BCUT2D eigenvalue weighted by molar-refractivity contribution is 5.95. The van der Waals surface area contributed by atoms with Gasteiger partial charge in [0, 0.05) is 67.0 Å². The number of nitrogen functional groups attached to an aromatic ring is 1. The van der Waals surface area contributed by atoms with Crippen LogP contribution in [0.1, 0.15) is 15.9 Å². The number of morpholine rings is 2. The van der Waals surface area contributed by atoms with Crippen molar-refractivity contribution in [1.82, 2.24) is 29.4 Å². The number of carbonyl (C=O) groups is 1. The number of ether oxygens (including phenoxy) is 2. The van der Waals surface area contributed by atoms with Crippen LogP contribution in [0.25, 0.3) is 28.0 Å². The molecule has 4 aromatic rings. The molecule has 2 saturated heterocycles. The van der Waals surface area contributed by atoms with Crippen LogP contribution in [0.4, 0.5) is 11.9 Å². The summed E-state index contributed by atoms with van der Waals surface area (Å²) in [4.78, 5) is 35.2. The zero-order valence-electron chi connectivity index (χ0n) is 20.6. The van der Waals surface area contributed by atoms with E-state index in [1.165, 1.54) is 0 Å². The van der Waals surface area contributed by atoms with Gasteiger partial charge in [0.15, 0.2) is 5.65 Å². The fourth-order valence-corrected chi connectivity index (χ4v) is 4.79. The predicted molar refractivity (Wildman–Crippen MR) is 139 cm³/mol. The van der Waals surface area contributed by atoms with Crippen LogP contribution in [0.5, 0.6) is 0 Å². The molecule has 0 aliphatic carbocycles. The van der Waals surface area contributed by atoms with Gasteiger partial charge in [0.2, 0.25) is 11.9 Å². The van der Waals surface area contributed by atoms with Gasteiger partial charge in [-0.1, -0.05) is 0 Å². The van der Waals surface area contributed by atoms with Crippen molar-refractivity contribution in [2.45, 2.75) is 6.92 Å². The van der Waals surface area contributed by atoms with Gasteiger partial charge in [0.1, 0.15) is 0 Å². The number of amides is 1. The number of aryl methyl sites for hydroxylation is 1. The molecule has 0 bridgehead atoms. The van der Waals surface area contributed by atoms with E-state index in [1.54, 1.807) is 12.4 Å². The number of anilines is 2. The third-order valence-corrected chi connectivity index (χ3v) is 6.77. The number of hydrogen-bond acceptors (Lipinski definition) is 9. The van der Waals surface area contributed by atoms with Crippen LogP contribution >= 0.6 is 0 Å². The zero-order valence-corrected chi connectivity index (χ0v) is 20.6. The Hall–Kier alpha value is -4.09. The predicted octanol–water partition coefficient (Wildman–Crippen LogP) is 2.08.